The van der Waals surface area contributed by atoms with Gasteiger partial charge in [-0.2, -0.15) is 0 Å². The number of carbonyl (C=O) groups is 1. The van der Waals surface area contributed by atoms with Crippen molar-refractivity contribution in [2.24, 2.45) is 0 Å². The Morgan fingerprint density at radius 3 is 2.10 bits per heavy atom. The van der Waals surface area contributed by atoms with Crippen LogP contribution in [0.3, 0.4) is 0 Å². The molecule has 12 unspecified atom stereocenters. The molecule has 0 spiro atoms. The van der Waals surface area contributed by atoms with Crippen LogP contribution in [0.2, 0.25) is 0 Å². The Morgan fingerprint density at radius 1 is 0.833 bits per heavy atom. The van der Waals surface area contributed by atoms with E-state index in [9.17, 15) is 45.6 Å². The van der Waals surface area contributed by atoms with Crippen molar-refractivity contribution in [2.75, 3.05) is 19.8 Å². The predicted molar refractivity (Wildman–Crippen MR) is 148 cm³/mol. The van der Waals surface area contributed by atoms with Crippen LogP contribution in [0.4, 0.5) is 0 Å². The average molecular weight is 608 g/mol. The highest BCUT2D eigenvalue weighted by atomic mass is 16.7. The van der Waals surface area contributed by atoms with Crippen molar-refractivity contribution in [3.05, 3.63) is 24.3 Å². The summed E-state index contributed by atoms with van der Waals surface area (Å²) in [7, 11) is 0. The van der Waals surface area contributed by atoms with Gasteiger partial charge in [-0.1, -0.05) is 44.1 Å². The lowest BCUT2D eigenvalue weighted by Crippen LogP contribution is -2.65. The van der Waals surface area contributed by atoms with Gasteiger partial charge in [-0.25, -0.2) is 0 Å². The predicted octanol–water partition coefficient (Wildman–Crippen LogP) is -2.03. The number of allylic oxidation sites excluding steroid dienone is 3. The monoisotopic (exact) mass is 607 g/mol. The third-order valence-corrected chi connectivity index (χ3v) is 7.18. The van der Waals surface area contributed by atoms with E-state index in [1.807, 2.05) is 0 Å². The van der Waals surface area contributed by atoms with Crippen LogP contribution in [-0.2, 0) is 23.7 Å². The molecule has 2 aliphatic rings. The van der Waals surface area contributed by atoms with Crippen LogP contribution in [0.15, 0.2) is 24.3 Å². The molecule has 0 aromatic heterocycles. The molecule has 14 nitrogen and oxygen atoms in total. The largest absolute Gasteiger partial charge is 0.394 e. The summed E-state index contributed by atoms with van der Waals surface area (Å²) in [6, 6.07) is -0.924. The number of hydrogen-bond donors (Lipinski definition) is 9. The van der Waals surface area contributed by atoms with Crippen LogP contribution in [-0.4, -0.2) is 140 Å². The zero-order valence-corrected chi connectivity index (χ0v) is 24.2. The van der Waals surface area contributed by atoms with Gasteiger partial charge in [0, 0.05) is 6.92 Å². The van der Waals surface area contributed by atoms with Gasteiger partial charge in [0.15, 0.2) is 12.6 Å². The van der Waals surface area contributed by atoms with Crippen molar-refractivity contribution in [1.82, 2.24) is 5.32 Å². The van der Waals surface area contributed by atoms with Crippen LogP contribution < -0.4 is 5.32 Å². The number of aliphatic hydroxyl groups excluding tert-OH is 8. The topological polar surface area (TPSA) is 228 Å². The first-order chi connectivity index (χ1) is 20.0. The molecule has 0 saturated carbocycles. The van der Waals surface area contributed by atoms with Crippen LogP contribution >= 0.6 is 0 Å². The van der Waals surface area contributed by atoms with Crippen molar-refractivity contribution >= 4 is 5.91 Å². The summed E-state index contributed by atoms with van der Waals surface area (Å²) >= 11 is 0. The van der Waals surface area contributed by atoms with Gasteiger partial charge in [0.1, 0.15) is 48.8 Å². The van der Waals surface area contributed by atoms with Crippen molar-refractivity contribution in [2.45, 2.75) is 126 Å². The second kappa shape index (κ2) is 19.0. The van der Waals surface area contributed by atoms with E-state index in [1.54, 1.807) is 6.08 Å². The molecule has 42 heavy (non-hydrogen) atoms. The Labute approximate surface area is 246 Å². The van der Waals surface area contributed by atoms with Gasteiger partial charge in [-0.15, -0.1) is 0 Å². The fraction of sp³-hybridized carbons (Fsp3) is 0.821. The highest BCUT2D eigenvalue weighted by molar-refractivity contribution is 5.73. The molecule has 0 aliphatic carbocycles. The highest BCUT2D eigenvalue weighted by Gasteiger charge is 2.50. The fourth-order valence-corrected chi connectivity index (χ4v) is 4.69. The second-order valence-electron chi connectivity index (χ2n) is 10.6. The zero-order valence-electron chi connectivity index (χ0n) is 24.2. The summed E-state index contributed by atoms with van der Waals surface area (Å²) in [6.45, 7) is 1.67. The smallest absolute Gasteiger partial charge is 0.217 e. The van der Waals surface area contributed by atoms with Crippen molar-refractivity contribution < 1.29 is 64.6 Å². The normalized spacial score (nSPS) is 35.5. The molecule has 2 heterocycles. The lowest BCUT2D eigenvalue weighted by molar-refractivity contribution is -0.359. The number of ether oxygens (including phenoxy) is 4. The number of aliphatic hydroxyl groups is 8. The van der Waals surface area contributed by atoms with Gasteiger partial charge in [-0.05, 0) is 25.7 Å². The second-order valence-corrected chi connectivity index (χ2v) is 10.6. The molecular weight excluding hydrogens is 558 g/mol. The fourth-order valence-electron chi connectivity index (χ4n) is 4.69. The van der Waals surface area contributed by atoms with E-state index in [-0.39, 0.29) is 6.61 Å². The Balaban J connectivity index is 1.96. The van der Waals surface area contributed by atoms with E-state index in [2.05, 4.69) is 24.4 Å². The number of unbranched alkanes of at least 4 members (excludes halogenated alkanes) is 4. The minimum Gasteiger partial charge on any atom is -0.394 e. The maximum atomic E-state index is 11.7. The number of carbonyl (C=O) groups excluding carboxylic acids is 1. The van der Waals surface area contributed by atoms with Gasteiger partial charge < -0.3 is 65.1 Å². The first-order valence-electron chi connectivity index (χ1n) is 14.5. The SMILES string of the molecule is CCCCC/C=C/CC/C=C/C(O)C(COC1OC(CO)C(OC2OC(CO)C(O)C(O)C2O)C(O)C1O)NC(C)=O. The standard InChI is InChI=1S/C28H49NO13/c1-3-4-5-6-7-8-9-10-11-12-18(33)17(29-16(2)32)15-39-27-25(38)23(36)26(20(14-31)41-27)42-28-24(37)22(35)21(34)19(13-30)40-28/h7-8,11-12,17-28,30-31,33-38H,3-6,9-10,13-15H2,1-2H3,(H,29,32)/b8-7+,12-11+. The Bertz CT molecular complexity index is 826. The highest BCUT2D eigenvalue weighted by Crippen LogP contribution is 2.29. The quantitative estimate of drug-likeness (QED) is 0.0643. The first-order valence-corrected chi connectivity index (χ1v) is 14.5. The molecule has 2 saturated heterocycles. The molecule has 1 amide bonds. The maximum Gasteiger partial charge on any atom is 0.217 e. The summed E-state index contributed by atoms with van der Waals surface area (Å²) in [5.41, 5.74) is 0. The molecule has 0 radical (unpaired) electrons. The third kappa shape index (κ3) is 10.9. The molecule has 14 heteroatoms. The van der Waals surface area contributed by atoms with Crippen molar-refractivity contribution in [3.63, 3.8) is 0 Å². The van der Waals surface area contributed by atoms with Crippen LogP contribution in [0.5, 0.6) is 0 Å². The third-order valence-electron chi connectivity index (χ3n) is 7.18. The molecule has 2 aliphatic heterocycles. The summed E-state index contributed by atoms with van der Waals surface area (Å²) in [5.74, 6) is -0.433. The van der Waals surface area contributed by atoms with Gasteiger partial charge in [0.25, 0.3) is 0 Å². The number of rotatable bonds is 17. The van der Waals surface area contributed by atoms with Crippen LogP contribution in [0, 0.1) is 0 Å². The zero-order chi connectivity index (χ0) is 31.2. The molecule has 0 aromatic rings. The summed E-state index contributed by atoms with van der Waals surface area (Å²) < 4.78 is 22.0. The molecule has 244 valence electrons. The molecule has 9 N–H and O–H groups in total. The summed E-state index contributed by atoms with van der Waals surface area (Å²) in [6.07, 6.45) is -3.42. The van der Waals surface area contributed by atoms with E-state index in [0.717, 1.165) is 19.3 Å². The number of amides is 1. The maximum absolute atomic E-state index is 11.7. The Hall–Kier alpha value is -1.53. The lowest BCUT2D eigenvalue weighted by atomic mass is 9.97. The van der Waals surface area contributed by atoms with E-state index >= 15 is 0 Å². The van der Waals surface area contributed by atoms with Crippen molar-refractivity contribution in [1.29, 1.82) is 0 Å². The molecule has 2 fully saturated rings. The van der Waals surface area contributed by atoms with E-state index < -0.39 is 92.7 Å². The molecular formula is C28H49NO13. The first kappa shape index (κ1) is 36.7. The molecule has 2 rings (SSSR count). The van der Waals surface area contributed by atoms with E-state index in [1.165, 1.54) is 25.8 Å². The Kier molecular flexibility index (Phi) is 16.6. The molecule has 0 aromatic carbocycles. The number of hydrogen-bond acceptors (Lipinski definition) is 13. The average Bonchev–Trinajstić information content (AvgIpc) is 2.97. The van der Waals surface area contributed by atoms with Gasteiger partial charge in [-0.3, -0.25) is 4.79 Å². The minimum absolute atomic E-state index is 0.326. The summed E-state index contributed by atoms with van der Waals surface area (Å²) in [5, 5.41) is 84.1. The minimum atomic E-state index is -1.78. The number of nitrogens with one attached hydrogen (secondary N) is 1. The van der Waals surface area contributed by atoms with Gasteiger partial charge in [0.05, 0.1) is 32.0 Å². The summed E-state index contributed by atoms with van der Waals surface area (Å²) in [4.78, 5) is 11.7. The van der Waals surface area contributed by atoms with E-state index in [0.29, 0.717) is 6.42 Å². The Morgan fingerprint density at radius 2 is 1.45 bits per heavy atom. The lowest BCUT2D eigenvalue weighted by Gasteiger charge is -2.46. The van der Waals surface area contributed by atoms with Crippen LogP contribution in [0.25, 0.3) is 0 Å². The van der Waals surface area contributed by atoms with Crippen molar-refractivity contribution in [3.8, 4) is 0 Å². The molecule has 0 bridgehead atoms. The van der Waals surface area contributed by atoms with Gasteiger partial charge in [0.2, 0.25) is 5.91 Å². The van der Waals surface area contributed by atoms with Gasteiger partial charge >= 0.3 is 0 Å². The van der Waals surface area contributed by atoms with E-state index in [4.69, 9.17) is 18.9 Å². The van der Waals surface area contributed by atoms with Crippen LogP contribution in [0.1, 0.15) is 52.4 Å². The molecule has 12 atom stereocenters.